The van der Waals surface area contributed by atoms with Crippen LogP contribution >= 0.6 is 34.8 Å². The molecule has 0 amide bonds. The monoisotopic (exact) mass is 1280 g/mol. The van der Waals surface area contributed by atoms with Crippen LogP contribution in [0.4, 0.5) is 0 Å². The third-order valence-corrected chi connectivity index (χ3v) is 21.4. The van der Waals surface area contributed by atoms with E-state index in [0.717, 1.165) is 101 Å². The molecule has 3 aliphatic rings. The van der Waals surface area contributed by atoms with Crippen LogP contribution in [0.25, 0.3) is 0 Å². The van der Waals surface area contributed by atoms with Crippen molar-refractivity contribution in [2.24, 2.45) is 5.92 Å². The molecule has 0 saturated carbocycles. The first-order chi connectivity index (χ1) is 44.4. The fourth-order valence-corrected chi connectivity index (χ4v) is 15.4. The van der Waals surface area contributed by atoms with Gasteiger partial charge in [-0.1, -0.05) is 250 Å². The maximum atomic E-state index is 13.2. The molecule has 92 heavy (non-hydrogen) atoms. The maximum absolute atomic E-state index is 13.2. The summed E-state index contributed by atoms with van der Waals surface area (Å²) >= 11 is 22.0. The van der Waals surface area contributed by atoms with E-state index in [0.29, 0.717) is 12.3 Å². The molecular formula is C83H81Cl3O6. The number of hydrogen-bond donors (Lipinski definition) is 0. The predicted octanol–water partition coefficient (Wildman–Crippen LogP) is 20.6. The lowest BCUT2D eigenvalue weighted by molar-refractivity contribution is -0.199. The number of alkyl halides is 3. The zero-order chi connectivity index (χ0) is 64.2. The van der Waals surface area contributed by atoms with Crippen LogP contribution in [-0.2, 0) is 71.1 Å². The summed E-state index contributed by atoms with van der Waals surface area (Å²) in [5, 5.41) is -0.738. The molecule has 12 rings (SSSR count). The normalized spacial score (nSPS) is 22.5. The lowest BCUT2D eigenvalue weighted by atomic mass is 9.74. The second kappa shape index (κ2) is 27.8. The summed E-state index contributed by atoms with van der Waals surface area (Å²) in [4.78, 5) is 38.9. The van der Waals surface area contributed by atoms with Crippen molar-refractivity contribution in [3.8, 4) is 0 Å². The first kappa shape index (κ1) is 64.4. The van der Waals surface area contributed by atoms with Gasteiger partial charge in [-0.3, -0.25) is 14.4 Å². The van der Waals surface area contributed by atoms with E-state index in [1.807, 2.05) is 136 Å². The van der Waals surface area contributed by atoms with Gasteiger partial charge in [-0.15, -0.1) is 34.8 Å². The van der Waals surface area contributed by atoms with Gasteiger partial charge in [0.05, 0.1) is 16.1 Å². The van der Waals surface area contributed by atoms with Gasteiger partial charge in [0.2, 0.25) is 0 Å². The summed E-state index contributed by atoms with van der Waals surface area (Å²) in [5.74, 6) is -0.953. The van der Waals surface area contributed by atoms with Crippen LogP contribution in [-0.4, -0.2) is 17.9 Å². The Labute approximate surface area is 558 Å². The molecular weight excluding hydrogens is 1200 g/mol. The zero-order valence-corrected chi connectivity index (χ0v) is 55.4. The molecule has 0 bridgehead atoms. The summed E-state index contributed by atoms with van der Waals surface area (Å²) < 4.78 is 17.4. The van der Waals surface area contributed by atoms with Gasteiger partial charge < -0.3 is 14.2 Å². The maximum Gasteiger partial charge on any atom is 0.318 e. The quantitative estimate of drug-likeness (QED) is 0.0305. The molecule has 11 unspecified atom stereocenters. The minimum Gasteiger partial charge on any atom is -0.453 e. The number of cyclic esters (lactones) is 3. The van der Waals surface area contributed by atoms with Crippen molar-refractivity contribution in [2.45, 2.75) is 155 Å². The summed E-state index contributed by atoms with van der Waals surface area (Å²) in [6.45, 7) is 10.5. The number of rotatable bonds is 26. The van der Waals surface area contributed by atoms with Crippen molar-refractivity contribution >= 4 is 52.7 Å². The van der Waals surface area contributed by atoms with Crippen LogP contribution in [0.5, 0.6) is 0 Å². The van der Waals surface area contributed by atoms with E-state index in [1.54, 1.807) is 0 Å². The van der Waals surface area contributed by atoms with Crippen LogP contribution in [0.1, 0.15) is 196 Å². The van der Waals surface area contributed by atoms with E-state index in [4.69, 9.17) is 49.0 Å². The smallest absolute Gasteiger partial charge is 0.318 e. The molecule has 9 aromatic rings. The molecule has 0 radical (unpaired) electrons. The third-order valence-electron chi connectivity index (χ3n) is 20.0. The van der Waals surface area contributed by atoms with Gasteiger partial charge in [-0.2, -0.15) is 0 Å². The number of halogens is 3. The van der Waals surface area contributed by atoms with Gasteiger partial charge in [-0.25, -0.2) is 0 Å². The highest BCUT2D eigenvalue weighted by Crippen LogP contribution is 2.53. The average Bonchev–Trinajstić information content (AvgIpc) is 0.757. The van der Waals surface area contributed by atoms with E-state index >= 15 is 0 Å². The largest absolute Gasteiger partial charge is 0.453 e. The SMILES string of the molecule is CC(C)Cc1ccc(CCC(CC(CC(Cl)c2ccc(C3C(=O)OC3(C)c3ccccc3)cc2)c2ccc(CCC(Cl)c3ccc(C4C(=O)OC4(C)c4ccccc4)cc3)cc2)c2ccc(CCC(Cl)c3ccc(C4C(=O)OC4(C)c4ccccc4)cc3)cc2)cc1. The highest BCUT2D eigenvalue weighted by molar-refractivity contribution is 6.21. The van der Waals surface area contributed by atoms with Crippen molar-refractivity contribution in [3.05, 3.63) is 320 Å². The molecule has 0 N–H and O–H groups in total. The Balaban J connectivity index is 0.769. The second-order valence-electron chi connectivity index (χ2n) is 26.8. The van der Waals surface area contributed by atoms with Gasteiger partial charge in [0.25, 0.3) is 0 Å². The summed E-state index contributed by atoms with van der Waals surface area (Å²) in [6.07, 6.45) is 7.61. The van der Waals surface area contributed by atoms with Gasteiger partial charge in [0.1, 0.15) is 17.8 Å². The molecule has 3 aliphatic heterocycles. The Morgan fingerprint density at radius 1 is 0.337 bits per heavy atom. The van der Waals surface area contributed by atoms with Gasteiger partial charge in [0.15, 0.2) is 16.8 Å². The molecule has 9 aromatic carbocycles. The molecule has 0 spiro atoms. The lowest BCUT2D eigenvalue weighted by Gasteiger charge is -2.45. The number of ether oxygens (including phenoxy) is 3. The number of carbonyl (C=O) groups is 3. The van der Waals surface area contributed by atoms with Gasteiger partial charge in [0, 0.05) is 0 Å². The molecule has 9 heteroatoms. The highest BCUT2D eigenvalue weighted by atomic mass is 35.5. The topological polar surface area (TPSA) is 78.9 Å². The number of aryl methyl sites for hydroxylation is 3. The molecule has 3 heterocycles. The lowest BCUT2D eigenvalue weighted by Crippen LogP contribution is -2.51. The molecule has 6 nitrogen and oxygen atoms in total. The Morgan fingerprint density at radius 2 is 0.630 bits per heavy atom. The van der Waals surface area contributed by atoms with E-state index in [9.17, 15) is 14.4 Å². The standard InChI is InChI=1S/C83H81Cl3O6/c1-54(2)51-58-23-21-55(22-24-58)29-36-67(59-32-25-56(26-33-59)30-49-72(84)61-37-43-64(44-38-61)75-78(87)90-81(75,3)69-15-9-6-10-16-69)52-68(53-74(86)63-41-47-66(48-42-63)77-80(89)92-83(77,5)71-19-13-8-14-20-71)60-34-27-57(28-35-60)31-50-73(85)62-39-45-65(46-40-62)76-79(88)91-82(76,4)70-17-11-7-12-18-70/h6-28,32-35,37-48,54,67-68,72-77H,29-31,36,49-53H2,1-5H3. The molecule has 11 atom stereocenters. The van der Waals surface area contributed by atoms with Crippen molar-refractivity contribution in [1.82, 2.24) is 0 Å². The molecule has 3 fully saturated rings. The molecule has 0 aliphatic carbocycles. The summed E-state index contributed by atoms with van der Waals surface area (Å²) in [5.41, 5.74) is 14.2. The van der Waals surface area contributed by atoms with Crippen molar-refractivity contribution in [2.75, 3.05) is 0 Å². The van der Waals surface area contributed by atoms with Crippen LogP contribution in [0.3, 0.4) is 0 Å². The fourth-order valence-electron chi connectivity index (χ4n) is 14.5. The van der Waals surface area contributed by atoms with Crippen LogP contribution in [0.15, 0.2) is 237 Å². The van der Waals surface area contributed by atoms with Crippen LogP contribution in [0.2, 0.25) is 0 Å². The first-order valence-corrected chi connectivity index (χ1v) is 34.1. The third kappa shape index (κ3) is 13.8. The Morgan fingerprint density at radius 3 is 0.967 bits per heavy atom. The van der Waals surface area contributed by atoms with E-state index in [2.05, 4.69) is 135 Å². The van der Waals surface area contributed by atoms with Gasteiger partial charge in [-0.05, 0) is 180 Å². The van der Waals surface area contributed by atoms with Crippen molar-refractivity contribution < 1.29 is 28.6 Å². The fraction of sp³-hybridized carbons (Fsp3) is 0.313. The zero-order valence-electron chi connectivity index (χ0n) is 53.2. The van der Waals surface area contributed by atoms with Crippen LogP contribution in [0, 0.1) is 5.92 Å². The van der Waals surface area contributed by atoms with Gasteiger partial charge >= 0.3 is 17.9 Å². The predicted molar refractivity (Wildman–Crippen MR) is 371 cm³/mol. The van der Waals surface area contributed by atoms with E-state index in [1.165, 1.54) is 33.4 Å². The number of benzene rings is 9. The average molecular weight is 1280 g/mol. The minimum absolute atomic E-state index is 0.0914. The Kier molecular flexibility index (Phi) is 19.5. The molecule has 3 saturated heterocycles. The van der Waals surface area contributed by atoms with Crippen molar-refractivity contribution in [1.29, 1.82) is 0 Å². The minimum atomic E-state index is -0.750. The van der Waals surface area contributed by atoms with E-state index < -0.39 is 22.7 Å². The Bertz CT molecular complexity index is 3960. The number of carbonyl (C=O) groups excluding carboxylic acids is 3. The van der Waals surface area contributed by atoms with E-state index in [-0.39, 0.29) is 57.7 Å². The number of hydrogen-bond acceptors (Lipinski definition) is 6. The first-order valence-electron chi connectivity index (χ1n) is 32.8. The Hall–Kier alpha value is -7.74. The molecule has 0 aromatic heterocycles. The second-order valence-corrected chi connectivity index (χ2v) is 28.3. The summed E-state index contributed by atoms with van der Waals surface area (Å²) in [6, 6.07) is 82.1. The highest BCUT2D eigenvalue weighted by Gasteiger charge is 2.57. The van der Waals surface area contributed by atoms with Crippen molar-refractivity contribution in [3.63, 3.8) is 0 Å². The van der Waals surface area contributed by atoms with Crippen LogP contribution < -0.4 is 0 Å². The summed E-state index contributed by atoms with van der Waals surface area (Å²) in [7, 11) is 0. The number of esters is 3. The molecule has 470 valence electrons.